The minimum atomic E-state index is -0.712. The summed E-state index contributed by atoms with van der Waals surface area (Å²) in [4.78, 5) is 56.1. The van der Waals surface area contributed by atoms with Gasteiger partial charge in [0.15, 0.2) is 0 Å². The van der Waals surface area contributed by atoms with Gasteiger partial charge in [0.25, 0.3) is 5.91 Å². The highest BCUT2D eigenvalue weighted by molar-refractivity contribution is 6.23. The molecule has 7 heteroatoms. The molecule has 1 aromatic rings. The third kappa shape index (κ3) is 4.04. The third-order valence-electron chi connectivity index (χ3n) is 9.60. The maximum absolute atomic E-state index is 14.5. The Labute approximate surface area is 213 Å². The average Bonchev–Trinajstić information content (AvgIpc) is 3.13. The van der Waals surface area contributed by atoms with Crippen LogP contribution in [0.25, 0.3) is 0 Å². The number of hydrogen-bond donors (Lipinski definition) is 1. The second-order valence-corrected chi connectivity index (χ2v) is 12.2. The summed E-state index contributed by atoms with van der Waals surface area (Å²) in [5, 5.41) is 2.71. The van der Waals surface area contributed by atoms with E-state index in [0.717, 1.165) is 44.9 Å². The fourth-order valence-electron chi connectivity index (χ4n) is 8.57. The average molecular weight is 492 g/mol. The summed E-state index contributed by atoms with van der Waals surface area (Å²) in [5.74, 6) is 1.39. The van der Waals surface area contributed by atoms with Crippen LogP contribution in [0.3, 0.4) is 0 Å². The molecule has 4 bridgehead atoms. The van der Waals surface area contributed by atoms with E-state index in [4.69, 9.17) is 0 Å². The Morgan fingerprint density at radius 2 is 1.50 bits per heavy atom. The minimum absolute atomic E-state index is 0.0445. The Balaban J connectivity index is 1.29. The number of amides is 4. The zero-order valence-corrected chi connectivity index (χ0v) is 21.2. The maximum atomic E-state index is 14.5. The number of nitrogens with one attached hydrogen (secondary N) is 1. The number of carbonyl (C=O) groups excluding carboxylic acids is 4. The summed E-state index contributed by atoms with van der Waals surface area (Å²) in [5.41, 5.74) is 0.776. The third-order valence-corrected chi connectivity index (χ3v) is 9.60. The van der Waals surface area contributed by atoms with Crippen molar-refractivity contribution in [2.45, 2.75) is 96.1 Å². The second-order valence-electron chi connectivity index (χ2n) is 12.2. The van der Waals surface area contributed by atoms with Gasteiger partial charge in [0.05, 0.1) is 17.5 Å². The molecule has 192 valence electrons. The first kappa shape index (κ1) is 23.7. The Morgan fingerprint density at radius 3 is 2.06 bits per heavy atom. The van der Waals surface area contributed by atoms with Crippen LogP contribution < -0.4 is 10.2 Å². The highest BCUT2D eigenvalue weighted by Gasteiger charge is 2.58. The summed E-state index contributed by atoms with van der Waals surface area (Å²) in [6.07, 6.45) is 11.9. The Bertz CT molecular complexity index is 1040. The van der Waals surface area contributed by atoms with Crippen LogP contribution in [-0.4, -0.2) is 40.6 Å². The van der Waals surface area contributed by atoms with E-state index in [9.17, 15) is 19.2 Å². The number of rotatable bonds is 5. The number of carbonyl (C=O) groups is 4. The molecule has 4 amide bonds. The molecule has 1 aromatic carbocycles. The molecule has 1 aliphatic heterocycles. The zero-order chi connectivity index (χ0) is 25.0. The van der Waals surface area contributed by atoms with Crippen molar-refractivity contribution >= 4 is 35.0 Å². The normalized spacial score (nSPS) is 33.8. The molecular weight excluding hydrogens is 454 g/mol. The lowest BCUT2D eigenvalue weighted by Gasteiger charge is -2.57. The van der Waals surface area contributed by atoms with Crippen LogP contribution in [0.1, 0.15) is 84.0 Å². The van der Waals surface area contributed by atoms with Crippen LogP contribution in [0.2, 0.25) is 0 Å². The van der Waals surface area contributed by atoms with Crippen LogP contribution in [0.4, 0.5) is 11.4 Å². The Kier molecular flexibility index (Phi) is 5.92. The SMILES string of the molecule is CC(=O)Nc1ccc(N2C(=O)CC(N(C(=O)C34CC5CC(CC(C5)C3)C4)C3CCCCC3)C2=O)cc1. The first-order valence-electron chi connectivity index (χ1n) is 13.9. The van der Waals surface area contributed by atoms with E-state index in [0.29, 0.717) is 29.1 Å². The largest absolute Gasteiger partial charge is 0.327 e. The van der Waals surface area contributed by atoms with E-state index in [-0.39, 0.29) is 41.5 Å². The zero-order valence-electron chi connectivity index (χ0n) is 21.2. The maximum Gasteiger partial charge on any atom is 0.257 e. The van der Waals surface area contributed by atoms with Crippen LogP contribution in [0, 0.1) is 23.2 Å². The van der Waals surface area contributed by atoms with Crippen molar-refractivity contribution in [1.29, 1.82) is 0 Å². The van der Waals surface area contributed by atoms with E-state index in [1.54, 1.807) is 24.3 Å². The van der Waals surface area contributed by atoms with Gasteiger partial charge in [-0.15, -0.1) is 0 Å². The Morgan fingerprint density at radius 1 is 0.917 bits per heavy atom. The van der Waals surface area contributed by atoms with Crippen molar-refractivity contribution in [2.24, 2.45) is 23.2 Å². The fraction of sp³-hybridized carbons (Fsp3) is 0.655. The molecular formula is C29H37N3O4. The highest BCUT2D eigenvalue weighted by Crippen LogP contribution is 2.61. The lowest BCUT2D eigenvalue weighted by atomic mass is 9.49. The number of anilines is 2. The summed E-state index contributed by atoms with van der Waals surface area (Å²) in [6.45, 7) is 1.44. The van der Waals surface area contributed by atoms with Gasteiger partial charge in [0.2, 0.25) is 17.7 Å². The van der Waals surface area contributed by atoms with Gasteiger partial charge < -0.3 is 10.2 Å². The van der Waals surface area contributed by atoms with Gasteiger partial charge in [0.1, 0.15) is 6.04 Å². The summed E-state index contributed by atoms with van der Waals surface area (Å²) >= 11 is 0. The molecule has 6 fully saturated rings. The van der Waals surface area contributed by atoms with Gasteiger partial charge in [-0.3, -0.25) is 19.2 Å². The van der Waals surface area contributed by atoms with Crippen molar-refractivity contribution in [3.63, 3.8) is 0 Å². The van der Waals surface area contributed by atoms with E-state index in [1.807, 2.05) is 4.90 Å². The quantitative estimate of drug-likeness (QED) is 0.607. The van der Waals surface area contributed by atoms with Crippen LogP contribution in [-0.2, 0) is 19.2 Å². The molecule has 5 saturated carbocycles. The number of benzene rings is 1. The van der Waals surface area contributed by atoms with Gasteiger partial charge in [0, 0.05) is 18.7 Å². The van der Waals surface area contributed by atoms with Crippen molar-refractivity contribution in [3.8, 4) is 0 Å². The van der Waals surface area contributed by atoms with Gasteiger partial charge in [-0.05, 0) is 93.4 Å². The molecule has 0 spiro atoms. The molecule has 7 nitrogen and oxygen atoms in total. The molecule has 5 aliphatic carbocycles. The standard InChI is InChI=1S/C29H37N3O4/c1-18(33)30-22-7-9-24(10-8-22)32-26(34)14-25(27(32)35)31(23-5-3-2-4-6-23)28(36)29-15-19-11-20(16-29)13-21(12-19)17-29/h7-10,19-21,23,25H,2-6,11-17H2,1H3,(H,30,33). The second kappa shape index (κ2) is 9.00. The van der Waals surface area contributed by atoms with Crippen LogP contribution in [0.5, 0.6) is 0 Å². The lowest BCUT2D eigenvalue weighted by molar-refractivity contribution is -0.165. The first-order chi connectivity index (χ1) is 17.3. The van der Waals surface area contributed by atoms with Crippen LogP contribution in [0.15, 0.2) is 24.3 Å². The highest BCUT2D eigenvalue weighted by atomic mass is 16.2. The molecule has 1 saturated heterocycles. The summed E-state index contributed by atoms with van der Waals surface area (Å²) in [7, 11) is 0. The van der Waals surface area contributed by atoms with Crippen molar-refractivity contribution in [2.75, 3.05) is 10.2 Å². The molecule has 0 radical (unpaired) electrons. The smallest absolute Gasteiger partial charge is 0.257 e. The van der Waals surface area contributed by atoms with E-state index in [2.05, 4.69) is 5.32 Å². The number of hydrogen-bond acceptors (Lipinski definition) is 4. The fourth-order valence-corrected chi connectivity index (χ4v) is 8.57. The molecule has 6 aliphatic rings. The van der Waals surface area contributed by atoms with Crippen molar-refractivity contribution < 1.29 is 19.2 Å². The topological polar surface area (TPSA) is 86.8 Å². The van der Waals surface area contributed by atoms with E-state index in [1.165, 1.54) is 37.5 Å². The van der Waals surface area contributed by atoms with Gasteiger partial charge >= 0.3 is 0 Å². The van der Waals surface area contributed by atoms with Gasteiger partial charge in [-0.2, -0.15) is 0 Å². The summed E-state index contributed by atoms with van der Waals surface area (Å²) in [6, 6.07) is 6.11. The number of imide groups is 1. The molecule has 1 heterocycles. The molecule has 1 atom stereocenters. The molecule has 36 heavy (non-hydrogen) atoms. The first-order valence-corrected chi connectivity index (χ1v) is 13.9. The molecule has 1 N–H and O–H groups in total. The summed E-state index contributed by atoms with van der Waals surface area (Å²) < 4.78 is 0. The van der Waals surface area contributed by atoms with Crippen molar-refractivity contribution in [3.05, 3.63) is 24.3 Å². The van der Waals surface area contributed by atoms with Crippen LogP contribution >= 0.6 is 0 Å². The minimum Gasteiger partial charge on any atom is -0.327 e. The monoisotopic (exact) mass is 491 g/mol. The predicted octanol–water partition coefficient (Wildman–Crippen LogP) is 4.65. The molecule has 7 rings (SSSR count). The van der Waals surface area contributed by atoms with Crippen molar-refractivity contribution in [1.82, 2.24) is 4.90 Å². The Hall–Kier alpha value is -2.70. The lowest BCUT2D eigenvalue weighted by Crippen LogP contribution is -2.60. The number of nitrogens with zero attached hydrogens (tertiary/aromatic N) is 2. The predicted molar refractivity (Wildman–Crippen MR) is 136 cm³/mol. The van der Waals surface area contributed by atoms with E-state index >= 15 is 0 Å². The van der Waals surface area contributed by atoms with Gasteiger partial charge in [-0.1, -0.05) is 19.3 Å². The molecule has 1 unspecified atom stereocenters. The van der Waals surface area contributed by atoms with E-state index < -0.39 is 6.04 Å². The molecule has 0 aromatic heterocycles. The van der Waals surface area contributed by atoms with Gasteiger partial charge in [-0.25, -0.2) is 4.90 Å².